The molecule has 2 rings (SSSR count). The zero-order chi connectivity index (χ0) is 21.1. The second-order valence-corrected chi connectivity index (χ2v) is 8.43. The van der Waals surface area contributed by atoms with Gasteiger partial charge in [0.15, 0.2) is 5.66 Å². The summed E-state index contributed by atoms with van der Waals surface area (Å²) in [4.78, 5) is 9.38. The van der Waals surface area contributed by atoms with Crippen LogP contribution >= 0.6 is 12.4 Å². The second-order valence-electron chi connectivity index (χ2n) is 8.43. The van der Waals surface area contributed by atoms with E-state index in [9.17, 15) is 5.11 Å². The topological polar surface area (TPSA) is 86.2 Å². The van der Waals surface area contributed by atoms with Crippen LogP contribution in [0.5, 0.6) is 5.75 Å². The van der Waals surface area contributed by atoms with E-state index < -0.39 is 5.66 Å². The summed E-state index contributed by atoms with van der Waals surface area (Å²) in [5.74, 6) is 8.11. The van der Waals surface area contributed by atoms with Crippen molar-refractivity contribution in [1.82, 2.24) is 10.3 Å². The number of amidine groups is 1. The third kappa shape index (κ3) is 9.35. The molecule has 0 spiro atoms. The highest BCUT2D eigenvalue weighted by molar-refractivity contribution is 6.00. The maximum absolute atomic E-state index is 9.42. The standard InChI is InChI=1S/C23H39N5O.ClH/c1-4-5-6-7-8-9-10-11-12-13-21-26-23(2,3)27-22(28(21)24)25-18-19-14-16-20(29)17-15-19;/h14-17,29H,4-13,18,24H2,1-3H3,(H,25,27);1H. The molecule has 0 amide bonds. The molecule has 0 bridgehead atoms. The van der Waals surface area contributed by atoms with Crippen molar-refractivity contribution in [2.24, 2.45) is 15.8 Å². The average molecular weight is 438 g/mol. The van der Waals surface area contributed by atoms with Gasteiger partial charge in [-0.3, -0.25) is 0 Å². The molecule has 0 saturated carbocycles. The molecule has 4 N–H and O–H groups in total. The van der Waals surface area contributed by atoms with Crippen LogP contribution in [0.1, 0.15) is 90.5 Å². The van der Waals surface area contributed by atoms with Crippen molar-refractivity contribution in [3.05, 3.63) is 29.8 Å². The average Bonchev–Trinajstić information content (AvgIpc) is 2.69. The van der Waals surface area contributed by atoms with Crippen molar-refractivity contribution in [1.29, 1.82) is 0 Å². The number of hydrogen-bond donors (Lipinski definition) is 3. The van der Waals surface area contributed by atoms with Crippen LogP contribution in [-0.2, 0) is 6.54 Å². The first-order valence-corrected chi connectivity index (χ1v) is 11.2. The summed E-state index contributed by atoms with van der Waals surface area (Å²) < 4.78 is 0. The van der Waals surface area contributed by atoms with Gasteiger partial charge in [0.2, 0.25) is 5.96 Å². The van der Waals surface area contributed by atoms with Crippen LogP contribution in [0.4, 0.5) is 0 Å². The summed E-state index contributed by atoms with van der Waals surface area (Å²) >= 11 is 0. The van der Waals surface area contributed by atoms with Gasteiger partial charge in [0.1, 0.15) is 11.6 Å². The molecule has 0 unspecified atom stereocenters. The number of nitrogens with one attached hydrogen (secondary N) is 1. The Morgan fingerprint density at radius 3 is 2.10 bits per heavy atom. The fraction of sp³-hybridized carbons (Fsp3) is 0.652. The Kier molecular flexibility index (Phi) is 11.8. The molecule has 0 saturated heterocycles. The smallest absolute Gasteiger partial charge is 0.217 e. The highest BCUT2D eigenvalue weighted by atomic mass is 35.5. The number of phenols is 1. The molecule has 1 aromatic carbocycles. The molecule has 1 aliphatic heterocycles. The Balaban J connectivity index is 0.00000450. The minimum Gasteiger partial charge on any atom is -0.508 e. The number of nitrogens with two attached hydrogens (primary N) is 1. The van der Waals surface area contributed by atoms with Crippen LogP contribution in [0, 0.1) is 0 Å². The molecular weight excluding hydrogens is 398 g/mol. The normalized spacial score (nSPS) is 15.3. The Bertz CT molecular complexity index is 673. The number of hydrazine groups is 1. The van der Waals surface area contributed by atoms with Crippen LogP contribution in [0.2, 0.25) is 0 Å². The zero-order valence-electron chi connectivity index (χ0n) is 18.9. The molecule has 0 atom stereocenters. The van der Waals surface area contributed by atoms with E-state index in [2.05, 4.69) is 17.2 Å². The zero-order valence-corrected chi connectivity index (χ0v) is 19.7. The van der Waals surface area contributed by atoms with Gasteiger partial charge >= 0.3 is 0 Å². The molecule has 7 heteroatoms. The number of rotatable bonds is 12. The van der Waals surface area contributed by atoms with Gasteiger partial charge in [-0.1, -0.05) is 70.4 Å². The fourth-order valence-corrected chi connectivity index (χ4v) is 3.52. The van der Waals surface area contributed by atoms with E-state index in [1.165, 1.54) is 51.4 Å². The summed E-state index contributed by atoms with van der Waals surface area (Å²) in [5, 5.41) is 14.3. The maximum Gasteiger partial charge on any atom is 0.217 e. The second kappa shape index (κ2) is 13.5. The number of nitrogens with zero attached hydrogens (tertiary/aromatic N) is 3. The number of guanidine groups is 1. The predicted octanol–water partition coefficient (Wildman–Crippen LogP) is 5.50. The highest BCUT2D eigenvalue weighted by Gasteiger charge is 2.27. The SMILES string of the molecule is CCCCCCCCCCCC1=NC(C)(C)N=C(NCc2ccc(O)cc2)N1N.Cl. The highest BCUT2D eigenvalue weighted by Crippen LogP contribution is 2.20. The number of aromatic hydroxyl groups is 1. The van der Waals surface area contributed by atoms with Crippen molar-refractivity contribution in [3.63, 3.8) is 0 Å². The van der Waals surface area contributed by atoms with Crippen molar-refractivity contribution in [3.8, 4) is 5.75 Å². The monoisotopic (exact) mass is 437 g/mol. The van der Waals surface area contributed by atoms with Crippen LogP contribution in [0.15, 0.2) is 34.3 Å². The largest absolute Gasteiger partial charge is 0.508 e. The Morgan fingerprint density at radius 1 is 0.933 bits per heavy atom. The Hall–Kier alpha value is -1.79. The third-order valence-electron chi connectivity index (χ3n) is 5.18. The molecule has 0 radical (unpaired) electrons. The molecule has 170 valence electrons. The quantitative estimate of drug-likeness (QED) is 0.297. The van der Waals surface area contributed by atoms with Crippen molar-refractivity contribution < 1.29 is 5.11 Å². The Morgan fingerprint density at radius 2 is 1.50 bits per heavy atom. The van der Waals surface area contributed by atoms with E-state index in [1.807, 2.05) is 26.0 Å². The molecule has 1 aliphatic rings. The van der Waals surface area contributed by atoms with Gasteiger partial charge in [0, 0.05) is 13.0 Å². The fourth-order valence-electron chi connectivity index (χ4n) is 3.52. The number of aliphatic imine (C=N–C) groups is 2. The summed E-state index contributed by atoms with van der Waals surface area (Å²) in [7, 11) is 0. The lowest BCUT2D eigenvalue weighted by Gasteiger charge is -2.32. The molecule has 0 fully saturated rings. The first kappa shape index (κ1) is 26.2. The van der Waals surface area contributed by atoms with Crippen molar-refractivity contribution in [2.45, 2.75) is 97.2 Å². The first-order chi connectivity index (χ1) is 13.9. The molecule has 30 heavy (non-hydrogen) atoms. The van der Waals surface area contributed by atoms with Crippen molar-refractivity contribution >= 4 is 24.2 Å². The number of halogens is 1. The third-order valence-corrected chi connectivity index (χ3v) is 5.18. The summed E-state index contributed by atoms with van der Waals surface area (Å²) in [6, 6.07) is 7.13. The minimum absolute atomic E-state index is 0. The lowest BCUT2D eigenvalue weighted by Crippen LogP contribution is -2.53. The number of phenolic OH excluding ortho intramolecular Hbond substituents is 1. The molecule has 0 aliphatic carbocycles. The molecule has 1 heterocycles. The van der Waals surface area contributed by atoms with Gasteiger partial charge in [-0.05, 0) is 38.0 Å². The van der Waals surface area contributed by atoms with Gasteiger partial charge < -0.3 is 10.4 Å². The lowest BCUT2D eigenvalue weighted by molar-refractivity contribution is 0.466. The minimum atomic E-state index is -0.512. The van der Waals surface area contributed by atoms with Gasteiger partial charge in [0.25, 0.3) is 0 Å². The van der Waals surface area contributed by atoms with E-state index in [1.54, 1.807) is 17.1 Å². The van der Waals surface area contributed by atoms with E-state index >= 15 is 0 Å². The van der Waals surface area contributed by atoms with E-state index in [0.717, 1.165) is 24.2 Å². The molecular formula is C23H40ClN5O. The van der Waals surface area contributed by atoms with E-state index in [0.29, 0.717) is 12.5 Å². The van der Waals surface area contributed by atoms with Crippen molar-refractivity contribution in [2.75, 3.05) is 0 Å². The summed E-state index contributed by atoms with van der Waals surface area (Å²) in [6.45, 7) is 6.85. The maximum atomic E-state index is 9.42. The van der Waals surface area contributed by atoms with Gasteiger partial charge in [-0.15, -0.1) is 12.4 Å². The van der Waals surface area contributed by atoms with E-state index in [4.69, 9.17) is 10.8 Å². The van der Waals surface area contributed by atoms with Gasteiger partial charge in [-0.2, -0.15) is 0 Å². The molecule has 0 aromatic heterocycles. The lowest BCUT2D eigenvalue weighted by atomic mass is 10.1. The number of hydrogen-bond acceptors (Lipinski definition) is 6. The molecule has 6 nitrogen and oxygen atoms in total. The Labute approximate surface area is 188 Å². The van der Waals surface area contributed by atoms with Gasteiger partial charge in [0.05, 0.1) is 0 Å². The molecule has 1 aromatic rings. The summed E-state index contributed by atoms with van der Waals surface area (Å²) in [5.41, 5.74) is 0.543. The number of benzene rings is 1. The summed E-state index contributed by atoms with van der Waals surface area (Å²) in [6.07, 6.45) is 12.6. The van der Waals surface area contributed by atoms with Crippen LogP contribution in [0.3, 0.4) is 0 Å². The van der Waals surface area contributed by atoms with Crippen LogP contribution in [0.25, 0.3) is 0 Å². The first-order valence-electron chi connectivity index (χ1n) is 11.2. The number of unbranched alkanes of at least 4 members (excludes halogenated alkanes) is 8. The predicted molar refractivity (Wildman–Crippen MR) is 129 cm³/mol. The van der Waals surface area contributed by atoms with Crippen LogP contribution < -0.4 is 11.2 Å². The van der Waals surface area contributed by atoms with Crippen LogP contribution in [-0.4, -0.2) is 27.6 Å². The van der Waals surface area contributed by atoms with Gasteiger partial charge in [-0.25, -0.2) is 20.8 Å². The van der Waals surface area contributed by atoms with E-state index in [-0.39, 0.29) is 18.2 Å².